The molecule has 26 heavy (non-hydrogen) atoms. The van der Waals surface area contributed by atoms with Crippen molar-refractivity contribution in [3.63, 3.8) is 0 Å². The van der Waals surface area contributed by atoms with Crippen LogP contribution >= 0.6 is 0 Å². The van der Waals surface area contributed by atoms with Gasteiger partial charge in [0.25, 0.3) is 0 Å². The molecule has 2 N–H and O–H groups in total. The molecule has 134 valence electrons. The van der Waals surface area contributed by atoms with E-state index in [0.717, 1.165) is 16.9 Å². The summed E-state index contributed by atoms with van der Waals surface area (Å²) in [6.45, 7) is 2.42. The predicted octanol–water partition coefficient (Wildman–Crippen LogP) is 4.07. The first-order valence-corrected chi connectivity index (χ1v) is 8.43. The summed E-state index contributed by atoms with van der Waals surface area (Å²) in [5, 5.41) is 6.24. The van der Waals surface area contributed by atoms with Crippen LogP contribution in [0.2, 0.25) is 0 Å². The number of carbonyl (C=O) groups is 1. The zero-order chi connectivity index (χ0) is 18.4. The van der Waals surface area contributed by atoms with E-state index in [-0.39, 0.29) is 5.91 Å². The summed E-state index contributed by atoms with van der Waals surface area (Å²) < 4.78 is 10.7. The highest BCUT2D eigenvalue weighted by atomic mass is 16.5. The van der Waals surface area contributed by atoms with Crippen LogP contribution in [0.4, 0.5) is 5.69 Å². The Kier molecular flexibility index (Phi) is 5.71. The van der Waals surface area contributed by atoms with Crippen LogP contribution in [-0.4, -0.2) is 13.0 Å². The third kappa shape index (κ3) is 4.32. The zero-order valence-electron chi connectivity index (χ0n) is 14.9. The average molecular weight is 350 g/mol. The Bertz CT molecular complexity index is 845. The standard InChI is InChI=1S/C21H22N2O3/c1-15-10-11-19(25-2)18(13-15)23-21(24)20(16-7-4-3-5-8-16)22-14-17-9-6-12-26-17/h3-13,20,22H,14H2,1-2H3,(H,23,24)/t20-/m0/s1. The Morgan fingerprint density at radius 2 is 1.92 bits per heavy atom. The molecule has 5 heteroatoms. The van der Waals surface area contributed by atoms with Gasteiger partial charge in [0.05, 0.1) is 25.6 Å². The number of amides is 1. The first-order chi connectivity index (χ1) is 12.7. The largest absolute Gasteiger partial charge is 0.495 e. The van der Waals surface area contributed by atoms with Gasteiger partial charge in [0.2, 0.25) is 5.91 Å². The van der Waals surface area contributed by atoms with Crippen LogP contribution in [0.15, 0.2) is 71.3 Å². The molecular weight excluding hydrogens is 328 g/mol. The SMILES string of the molecule is COc1ccc(C)cc1NC(=O)[C@@H](NCc1ccco1)c1ccccc1. The quantitative estimate of drug-likeness (QED) is 0.674. The van der Waals surface area contributed by atoms with Crippen LogP contribution < -0.4 is 15.4 Å². The second-order valence-electron chi connectivity index (χ2n) is 6.00. The van der Waals surface area contributed by atoms with Crippen LogP contribution in [0.5, 0.6) is 5.75 Å². The van der Waals surface area contributed by atoms with Crippen molar-refractivity contribution < 1.29 is 13.9 Å². The number of carbonyl (C=O) groups excluding carboxylic acids is 1. The number of benzene rings is 2. The normalized spacial score (nSPS) is 11.8. The fourth-order valence-corrected chi connectivity index (χ4v) is 2.75. The maximum atomic E-state index is 13.0. The Balaban J connectivity index is 1.81. The second-order valence-corrected chi connectivity index (χ2v) is 6.00. The molecule has 2 aromatic carbocycles. The molecule has 0 bridgehead atoms. The smallest absolute Gasteiger partial charge is 0.246 e. The number of rotatable bonds is 7. The molecule has 0 saturated heterocycles. The average Bonchev–Trinajstić information content (AvgIpc) is 3.16. The van der Waals surface area contributed by atoms with Gasteiger partial charge in [-0.2, -0.15) is 0 Å². The van der Waals surface area contributed by atoms with Gasteiger partial charge in [-0.05, 0) is 42.3 Å². The first kappa shape index (κ1) is 17.8. The minimum Gasteiger partial charge on any atom is -0.495 e. The lowest BCUT2D eigenvalue weighted by atomic mass is 10.1. The summed E-state index contributed by atoms with van der Waals surface area (Å²) in [6, 6.07) is 18.5. The molecule has 0 aliphatic heterocycles. The van der Waals surface area contributed by atoms with E-state index in [0.29, 0.717) is 18.0 Å². The van der Waals surface area contributed by atoms with Crippen LogP contribution in [0, 0.1) is 6.92 Å². The molecule has 3 rings (SSSR count). The molecule has 1 atom stereocenters. The van der Waals surface area contributed by atoms with E-state index < -0.39 is 6.04 Å². The number of furan rings is 1. The lowest BCUT2D eigenvalue weighted by molar-refractivity contribution is -0.118. The summed E-state index contributed by atoms with van der Waals surface area (Å²) in [5.41, 5.74) is 2.57. The van der Waals surface area contributed by atoms with Crippen LogP contribution in [-0.2, 0) is 11.3 Å². The number of ether oxygens (including phenoxy) is 1. The molecule has 1 amide bonds. The van der Waals surface area contributed by atoms with Gasteiger partial charge in [0, 0.05) is 0 Å². The molecule has 0 unspecified atom stereocenters. The van der Waals surface area contributed by atoms with E-state index in [2.05, 4.69) is 10.6 Å². The second kappa shape index (κ2) is 8.36. The van der Waals surface area contributed by atoms with Gasteiger partial charge in [-0.15, -0.1) is 0 Å². The lowest BCUT2D eigenvalue weighted by Gasteiger charge is -2.19. The summed E-state index contributed by atoms with van der Waals surface area (Å²) in [7, 11) is 1.59. The minimum absolute atomic E-state index is 0.161. The van der Waals surface area contributed by atoms with Crippen molar-refractivity contribution in [1.29, 1.82) is 0 Å². The Hall–Kier alpha value is -3.05. The summed E-state index contributed by atoms with van der Waals surface area (Å²) >= 11 is 0. The van der Waals surface area contributed by atoms with Crippen molar-refractivity contribution in [3.8, 4) is 5.75 Å². The van der Waals surface area contributed by atoms with Crippen molar-refractivity contribution in [3.05, 3.63) is 83.8 Å². The molecule has 1 heterocycles. The van der Waals surface area contributed by atoms with Gasteiger partial charge in [-0.3, -0.25) is 10.1 Å². The number of aryl methyl sites for hydroxylation is 1. The third-order valence-electron chi connectivity index (χ3n) is 4.07. The minimum atomic E-state index is -0.522. The molecule has 0 aliphatic carbocycles. The van der Waals surface area contributed by atoms with Crippen molar-refractivity contribution in [2.24, 2.45) is 0 Å². The third-order valence-corrected chi connectivity index (χ3v) is 4.07. The van der Waals surface area contributed by atoms with E-state index in [9.17, 15) is 4.79 Å². The number of methoxy groups -OCH3 is 1. The number of hydrogen-bond acceptors (Lipinski definition) is 4. The summed E-state index contributed by atoms with van der Waals surface area (Å²) in [4.78, 5) is 13.0. The molecule has 0 aliphatic rings. The summed E-state index contributed by atoms with van der Waals surface area (Å²) in [5.74, 6) is 1.24. The van der Waals surface area contributed by atoms with E-state index in [1.54, 1.807) is 13.4 Å². The van der Waals surface area contributed by atoms with Crippen molar-refractivity contribution in [1.82, 2.24) is 5.32 Å². The van der Waals surface area contributed by atoms with E-state index in [1.807, 2.05) is 67.6 Å². The zero-order valence-corrected chi connectivity index (χ0v) is 14.9. The monoisotopic (exact) mass is 350 g/mol. The van der Waals surface area contributed by atoms with Crippen molar-refractivity contribution >= 4 is 11.6 Å². The number of nitrogens with one attached hydrogen (secondary N) is 2. The van der Waals surface area contributed by atoms with Gasteiger partial charge >= 0.3 is 0 Å². The van der Waals surface area contributed by atoms with Gasteiger partial charge in [-0.1, -0.05) is 36.4 Å². The highest BCUT2D eigenvalue weighted by Crippen LogP contribution is 2.26. The Morgan fingerprint density at radius 3 is 2.62 bits per heavy atom. The fraction of sp³-hybridized carbons (Fsp3) is 0.190. The first-order valence-electron chi connectivity index (χ1n) is 8.43. The molecule has 0 spiro atoms. The maximum absolute atomic E-state index is 13.0. The van der Waals surface area contributed by atoms with Crippen LogP contribution in [0.1, 0.15) is 22.9 Å². The number of anilines is 1. The lowest BCUT2D eigenvalue weighted by Crippen LogP contribution is -2.32. The van der Waals surface area contributed by atoms with Gasteiger partial charge in [-0.25, -0.2) is 0 Å². The van der Waals surface area contributed by atoms with E-state index in [4.69, 9.17) is 9.15 Å². The predicted molar refractivity (Wildman–Crippen MR) is 101 cm³/mol. The van der Waals surface area contributed by atoms with Crippen LogP contribution in [0.3, 0.4) is 0 Å². The molecule has 5 nitrogen and oxygen atoms in total. The van der Waals surface area contributed by atoms with Crippen molar-refractivity contribution in [2.45, 2.75) is 19.5 Å². The Labute approximate surface area is 153 Å². The van der Waals surface area contributed by atoms with Crippen molar-refractivity contribution in [2.75, 3.05) is 12.4 Å². The van der Waals surface area contributed by atoms with Crippen LogP contribution in [0.25, 0.3) is 0 Å². The molecule has 0 fully saturated rings. The van der Waals surface area contributed by atoms with E-state index in [1.165, 1.54) is 0 Å². The molecule has 0 saturated carbocycles. The molecular formula is C21H22N2O3. The van der Waals surface area contributed by atoms with E-state index >= 15 is 0 Å². The molecule has 1 aromatic heterocycles. The highest BCUT2D eigenvalue weighted by molar-refractivity contribution is 5.96. The molecule has 3 aromatic rings. The highest BCUT2D eigenvalue weighted by Gasteiger charge is 2.21. The molecule has 0 radical (unpaired) electrons. The van der Waals surface area contributed by atoms with Gasteiger partial charge in [0.1, 0.15) is 17.6 Å². The maximum Gasteiger partial charge on any atom is 0.246 e. The Morgan fingerprint density at radius 1 is 1.12 bits per heavy atom. The van der Waals surface area contributed by atoms with Gasteiger partial charge in [0.15, 0.2) is 0 Å². The fourth-order valence-electron chi connectivity index (χ4n) is 2.75. The van der Waals surface area contributed by atoms with Gasteiger partial charge < -0.3 is 14.5 Å². The topological polar surface area (TPSA) is 63.5 Å². The summed E-state index contributed by atoms with van der Waals surface area (Å²) in [6.07, 6.45) is 1.62. The number of hydrogen-bond donors (Lipinski definition) is 2.